The fourth-order valence-corrected chi connectivity index (χ4v) is 2.45. The van der Waals surface area contributed by atoms with Crippen molar-refractivity contribution < 1.29 is 4.79 Å². The number of aromatic nitrogens is 2. The largest absolute Gasteiger partial charge is 0.343 e. The maximum absolute atomic E-state index is 12.0. The van der Waals surface area contributed by atoms with Gasteiger partial charge in [0, 0.05) is 9.75 Å². The van der Waals surface area contributed by atoms with Crippen LogP contribution in [-0.4, -0.2) is 15.9 Å². The Bertz CT molecular complexity index is 583. The molecule has 6 nitrogen and oxygen atoms in total. The molecule has 7 heteroatoms. The Balaban J connectivity index is 2.08. The molecule has 0 saturated heterocycles. The normalized spacial score (nSPS) is 11.9. The molecule has 2 heterocycles. The van der Waals surface area contributed by atoms with E-state index < -0.39 is 0 Å². The lowest BCUT2D eigenvalue weighted by Crippen LogP contribution is -2.27. The van der Waals surface area contributed by atoms with E-state index in [9.17, 15) is 4.79 Å². The number of hydrogen-bond acceptors (Lipinski definition) is 6. The van der Waals surface area contributed by atoms with Crippen molar-refractivity contribution in [2.75, 3.05) is 5.43 Å². The Labute approximate surface area is 115 Å². The Morgan fingerprint density at radius 2 is 2.21 bits per heavy atom. The maximum atomic E-state index is 12.0. The van der Waals surface area contributed by atoms with Crippen LogP contribution in [0.3, 0.4) is 0 Å². The van der Waals surface area contributed by atoms with Gasteiger partial charge in [0.25, 0.3) is 5.91 Å². The minimum atomic E-state index is -0.275. The van der Waals surface area contributed by atoms with E-state index in [1.807, 2.05) is 26.0 Å². The number of nitrogen functional groups attached to an aromatic ring is 1. The molecule has 0 bridgehead atoms. The summed E-state index contributed by atoms with van der Waals surface area (Å²) in [6.45, 7) is 3.96. The van der Waals surface area contributed by atoms with E-state index in [0.717, 1.165) is 4.88 Å². The second-order valence-corrected chi connectivity index (χ2v) is 5.40. The van der Waals surface area contributed by atoms with E-state index in [0.29, 0.717) is 5.82 Å². The summed E-state index contributed by atoms with van der Waals surface area (Å²) in [6.07, 6.45) is 2.85. The number of carbonyl (C=O) groups excluding carboxylic acids is 1. The standard InChI is InChI=1S/C12H15N5OS/c1-7-3-4-10(19-7)8(2)15-12(18)9-5-14-6-11(16-9)17-13/h3-6,8H,13H2,1-2H3,(H,15,18)(H,16,17). The van der Waals surface area contributed by atoms with E-state index >= 15 is 0 Å². The Kier molecular flexibility index (Phi) is 4.08. The van der Waals surface area contributed by atoms with Crippen LogP contribution in [0.2, 0.25) is 0 Å². The van der Waals surface area contributed by atoms with E-state index in [4.69, 9.17) is 5.84 Å². The summed E-state index contributed by atoms with van der Waals surface area (Å²) in [6, 6.07) is 3.97. The third-order valence-corrected chi connectivity index (χ3v) is 3.73. The third kappa shape index (κ3) is 3.27. The fourth-order valence-electron chi connectivity index (χ4n) is 1.57. The predicted molar refractivity (Wildman–Crippen MR) is 74.8 cm³/mol. The number of nitrogens with two attached hydrogens (primary N) is 1. The Morgan fingerprint density at radius 1 is 1.42 bits per heavy atom. The zero-order valence-electron chi connectivity index (χ0n) is 10.7. The van der Waals surface area contributed by atoms with Crippen LogP contribution in [0.5, 0.6) is 0 Å². The average Bonchev–Trinajstić information content (AvgIpc) is 2.85. The number of amides is 1. The number of nitrogens with zero attached hydrogens (tertiary/aromatic N) is 2. The number of aryl methyl sites for hydroxylation is 1. The van der Waals surface area contributed by atoms with Crippen LogP contribution < -0.4 is 16.6 Å². The van der Waals surface area contributed by atoms with E-state index in [2.05, 4.69) is 20.7 Å². The zero-order valence-corrected chi connectivity index (χ0v) is 11.5. The highest BCUT2D eigenvalue weighted by atomic mass is 32.1. The van der Waals surface area contributed by atoms with E-state index in [1.165, 1.54) is 17.3 Å². The van der Waals surface area contributed by atoms with Gasteiger partial charge >= 0.3 is 0 Å². The van der Waals surface area contributed by atoms with Crippen molar-refractivity contribution in [3.8, 4) is 0 Å². The predicted octanol–water partition coefficient (Wildman–Crippen LogP) is 1.62. The molecule has 1 atom stereocenters. The molecule has 0 aliphatic carbocycles. The Morgan fingerprint density at radius 3 is 2.84 bits per heavy atom. The van der Waals surface area contributed by atoms with Crippen molar-refractivity contribution in [2.24, 2.45) is 5.84 Å². The minimum Gasteiger partial charge on any atom is -0.343 e. The summed E-state index contributed by atoms with van der Waals surface area (Å²) in [5.74, 6) is 5.31. The second-order valence-electron chi connectivity index (χ2n) is 4.08. The molecule has 2 aromatic rings. The number of rotatable bonds is 4. The summed E-state index contributed by atoms with van der Waals surface area (Å²) in [5.41, 5.74) is 2.59. The highest BCUT2D eigenvalue weighted by molar-refractivity contribution is 7.12. The molecule has 0 aliphatic heterocycles. The van der Waals surface area contributed by atoms with Gasteiger partial charge < -0.3 is 10.7 Å². The number of thiophene rings is 1. The van der Waals surface area contributed by atoms with Crippen molar-refractivity contribution in [2.45, 2.75) is 19.9 Å². The first-order chi connectivity index (χ1) is 9.10. The van der Waals surface area contributed by atoms with Crippen LogP contribution in [0.1, 0.15) is 33.2 Å². The third-order valence-electron chi connectivity index (χ3n) is 2.55. The molecule has 0 saturated carbocycles. The van der Waals surface area contributed by atoms with Crippen LogP contribution in [0.15, 0.2) is 24.5 Å². The smallest absolute Gasteiger partial charge is 0.272 e. The maximum Gasteiger partial charge on any atom is 0.272 e. The molecule has 0 spiro atoms. The van der Waals surface area contributed by atoms with Gasteiger partial charge in [0.1, 0.15) is 5.69 Å². The summed E-state index contributed by atoms with van der Waals surface area (Å²) in [4.78, 5) is 22.3. The van der Waals surface area contributed by atoms with Crippen molar-refractivity contribution in [3.63, 3.8) is 0 Å². The summed E-state index contributed by atoms with van der Waals surface area (Å²) in [7, 11) is 0. The number of anilines is 1. The van der Waals surface area contributed by atoms with Gasteiger partial charge in [-0.15, -0.1) is 11.3 Å². The number of hydrogen-bond donors (Lipinski definition) is 3. The molecule has 4 N–H and O–H groups in total. The topological polar surface area (TPSA) is 92.9 Å². The second kappa shape index (κ2) is 5.77. The number of carbonyl (C=O) groups is 1. The van der Waals surface area contributed by atoms with Gasteiger partial charge in [-0.05, 0) is 26.0 Å². The van der Waals surface area contributed by atoms with Crippen LogP contribution in [0, 0.1) is 6.92 Å². The molecule has 19 heavy (non-hydrogen) atoms. The van der Waals surface area contributed by atoms with Crippen molar-refractivity contribution >= 4 is 23.1 Å². The van der Waals surface area contributed by atoms with Crippen LogP contribution >= 0.6 is 11.3 Å². The van der Waals surface area contributed by atoms with Gasteiger partial charge in [0.15, 0.2) is 5.82 Å². The monoisotopic (exact) mass is 277 g/mol. The van der Waals surface area contributed by atoms with Gasteiger partial charge in [0.05, 0.1) is 18.4 Å². The molecule has 1 unspecified atom stereocenters. The lowest BCUT2D eigenvalue weighted by molar-refractivity contribution is 0.0935. The van der Waals surface area contributed by atoms with Gasteiger partial charge in [-0.2, -0.15) is 0 Å². The molecule has 2 aromatic heterocycles. The van der Waals surface area contributed by atoms with Gasteiger partial charge in [0.2, 0.25) is 0 Å². The van der Waals surface area contributed by atoms with Crippen LogP contribution in [-0.2, 0) is 0 Å². The molecule has 0 fully saturated rings. The van der Waals surface area contributed by atoms with Gasteiger partial charge in [-0.25, -0.2) is 10.8 Å². The SMILES string of the molecule is Cc1ccc(C(C)NC(=O)c2cncc(NN)n2)s1. The highest BCUT2D eigenvalue weighted by Gasteiger charge is 2.14. The fraction of sp³-hybridized carbons (Fsp3) is 0.250. The lowest BCUT2D eigenvalue weighted by atomic mass is 10.2. The highest BCUT2D eigenvalue weighted by Crippen LogP contribution is 2.22. The number of nitrogens with one attached hydrogen (secondary N) is 2. The molecule has 100 valence electrons. The average molecular weight is 277 g/mol. The van der Waals surface area contributed by atoms with E-state index in [1.54, 1.807) is 11.3 Å². The molecular weight excluding hydrogens is 262 g/mol. The summed E-state index contributed by atoms with van der Waals surface area (Å²) < 4.78 is 0. The van der Waals surface area contributed by atoms with Crippen molar-refractivity contribution in [3.05, 3.63) is 40.0 Å². The van der Waals surface area contributed by atoms with Crippen LogP contribution in [0.4, 0.5) is 5.82 Å². The van der Waals surface area contributed by atoms with Crippen molar-refractivity contribution in [1.82, 2.24) is 15.3 Å². The molecule has 0 aliphatic rings. The first-order valence-electron chi connectivity index (χ1n) is 5.76. The van der Waals surface area contributed by atoms with E-state index in [-0.39, 0.29) is 17.6 Å². The molecule has 0 radical (unpaired) electrons. The quantitative estimate of drug-likeness (QED) is 0.583. The van der Waals surface area contributed by atoms with Crippen LogP contribution in [0.25, 0.3) is 0 Å². The summed E-state index contributed by atoms with van der Waals surface area (Å²) in [5, 5.41) is 2.88. The molecule has 2 rings (SSSR count). The lowest BCUT2D eigenvalue weighted by Gasteiger charge is -2.11. The van der Waals surface area contributed by atoms with Gasteiger partial charge in [-0.1, -0.05) is 0 Å². The minimum absolute atomic E-state index is 0.0671. The number of hydrazine groups is 1. The zero-order chi connectivity index (χ0) is 13.8. The molecular formula is C12H15N5OS. The van der Waals surface area contributed by atoms with Gasteiger partial charge in [-0.3, -0.25) is 9.78 Å². The molecule has 1 amide bonds. The van der Waals surface area contributed by atoms with Crippen molar-refractivity contribution in [1.29, 1.82) is 0 Å². The molecule has 0 aromatic carbocycles. The summed E-state index contributed by atoms with van der Waals surface area (Å²) >= 11 is 1.66. The Hall–Kier alpha value is -1.99. The first kappa shape index (κ1) is 13.4. The first-order valence-corrected chi connectivity index (χ1v) is 6.57.